The van der Waals surface area contributed by atoms with Crippen LogP contribution in [0.5, 0.6) is 0 Å². The number of carbonyl (C=O) groups excluding carboxylic acids is 1. The molecule has 3 N–H and O–H groups in total. The van der Waals surface area contributed by atoms with Gasteiger partial charge >= 0.3 is 0 Å². The first kappa shape index (κ1) is 22.9. The average molecular weight is 508 g/mol. The van der Waals surface area contributed by atoms with Crippen LogP contribution in [-0.2, 0) is 11.2 Å². The summed E-state index contributed by atoms with van der Waals surface area (Å²) in [5.41, 5.74) is 7.14. The van der Waals surface area contributed by atoms with E-state index in [0.717, 1.165) is 31.9 Å². The number of rotatable bonds is 7. The third-order valence-electron chi connectivity index (χ3n) is 4.78. The minimum absolute atomic E-state index is 0. The Bertz CT molecular complexity index is 763. The monoisotopic (exact) mass is 508 g/mol. The molecule has 0 radical (unpaired) electrons. The fraction of sp³-hybridized carbons (Fsp3) is 0.381. The second kappa shape index (κ2) is 12.3. The van der Waals surface area contributed by atoms with Crippen LogP contribution in [0.4, 0.5) is 5.82 Å². The van der Waals surface area contributed by atoms with Gasteiger partial charge in [0.25, 0.3) is 0 Å². The highest BCUT2D eigenvalue weighted by Gasteiger charge is 2.21. The molecule has 1 saturated heterocycles. The molecule has 1 aliphatic heterocycles. The van der Waals surface area contributed by atoms with Crippen molar-refractivity contribution in [3.05, 3.63) is 60.3 Å². The third kappa shape index (κ3) is 7.52. The Hall–Kier alpha value is -2.36. The molecule has 1 aromatic heterocycles. The maximum atomic E-state index is 12.4. The van der Waals surface area contributed by atoms with E-state index in [1.165, 1.54) is 5.56 Å². The quantitative estimate of drug-likeness (QED) is 0.339. The van der Waals surface area contributed by atoms with Crippen LogP contribution in [0.25, 0.3) is 0 Å². The molecule has 3 rings (SSSR count). The van der Waals surface area contributed by atoms with E-state index >= 15 is 0 Å². The molecule has 29 heavy (non-hydrogen) atoms. The SMILES string of the molecule is I.NC(=NCCC(=O)N1CCN(c2ccccn2)CC1)NCCc1ccccc1. The summed E-state index contributed by atoms with van der Waals surface area (Å²) in [7, 11) is 0. The van der Waals surface area contributed by atoms with Gasteiger partial charge < -0.3 is 20.9 Å². The summed E-state index contributed by atoms with van der Waals surface area (Å²) in [6.45, 7) is 4.16. The molecule has 1 aromatic carbocycles. The number of piperazine rings is 1. The number of benzene rings is 1. The molecule has 156 valence electrons. The van der Waals surface area contributed by atoms with E-state index in [1.807, 2.05) is 41.3 Å². The summed E-state index contributed by atoms with van der Waals surface area (Å²) in [5, 5.41) is 3.10. The van der Waals surface area contributed by atoms with E-state index < -0.39 is 0 Å². The average Bonchev–Trinajstić information content (AvgIpc) is 2.75. The van der Waals surface area contributed by atoms with Gasteiger partial charge in [-0.3, -0.25) is 9.79 Å². The first-order valence-corrected chi connectivity index (χ1v) is 9.74. The van der Waals surface area contributed by atoms with Crippen molar-refractivity contribution < 1.29 is 4.79 Å². The summed E-state index contributed by atoms with van der Waals surface area (Å²) in [5.74, 6) is 1.48. The Morgan fingerprint density at radius 1 is 1.07 bits per heavy atom. The largest absolute Gasteiger partial charge is 0.370 e. The number of aliphatic imine (C=N–C) groups is 1. The summed E-state index contributed by atoms with van der Waals surface area (Å²) in [6.07, 6.45) is 3.06. The number of pyridine rings is 1. The van der Waals surface area contributed by atoms with Crippen molar-refractivity contribution in [1.29, 1.82) is 0 Å². The van der Waals surface area contributed by atoms with Crippen LogP contribution >= 0.6 is 24.0 Å². The van der Waals surface area contributed by atoms with Gasteiger partial charge in [0.05, 0.1) is 6.54 Å². The van der Waals surface area contributed by atoms with Gasteiger partial charge in [0, 0.05) is 45.3 Å². The number of hydrogen-bond acceptors (Lipinski definition) is 4. The van der Waals surface area contributed by atoms with Crippen molar-refractivity contribution in [2.75, 3.05) is 44.2 Å². The molecule has 0 bridgehead atoms. The molecular weight excluding hydrogens is 479 g/mol. The number of halogens is 1. The minimum Gasteiger partial charge on any atom is -0.370 e. The Kier molecular flexibility index (Phi) is 9.69. The molecule has 1 aliphatic rings. The molecule has 0 unspecified atom stereocenters. The molecule has 1 amide bonds. The predicted octanol–water partition coefficient (Wildman–Crippen LogP) is 1.89. The number of hydrogen-bond donors (Lipinski definition) is 2. The van der Waals surface area contributed by atoms with Gasteiger partial charge in [-0.2, -0.15) is 0 Å². The highest BCUT2D eigenvalue weighted by Crippen LogP contribution is 2.13. The van der Waals surface area contributed by atoms with Crippen molar-refractivity contribution in [2.24, 2.45) is 10.7 Å². The number of nitrogens with one attached hydrogen (secondary N) is 1. The van der Waals surface area contributed by atoms with Crippen LogP contribution in [0.1, 0.15) is 12.0 Å². The van der Waals surface area contributed by atoms with Crippen molar-refractivity contribution in [3.8, 4) is 0 Å². The first-order chi connectivity index (χ1) is 13.7. The highest BCUT2D eigenvalue weighted by molar-refractivity contribution is 14.0. The normalized spacial score (nSPS) is 14.3. The summed E-state index contributed by atoms with van der Waals surface area (Å²) in [6, 6.07) is 16.1. The standard InChI is InChI=1S/C21H28N6O.HI/c22-21(24-12-9-18-6-2-1-3-7-18)25-13-10-20(28)27-16-14-26(15-17-27)19-8-4-5-11-23-19;/h1-8,11H,9-10,12-17H2,(H3,22,24,25);1H. The van der Waals surface area contributed by atoms with Crippen LogP contribution in [0.3, 0.4) is 0 Å². The first-order valence-electron chi connectivity index (χ1n) is 9.74. The van der Waals surface area contributed by atoms with Gasteiger partial charge in [-0.05, 0) is 24.1 Å². The van der Waals surface area contributed by atoms with E-state index in [4.69, 9.17) is 5.73 Å². The predicted molar refractivity (Wildman–Crippen MR) is 128 cm³/mol. The molecule has 1 fully saturated rings. The number of anilines is 1. The van der Waals surface area contributed by atoms with Crippen LogP contribution in [0, 0.1) is 0 Å². The van der Waals surface area contributed by atoms with Crippen LogP contribution in [-0.4, -0.2) is 61.0 Å². The number of guanidine groups is 1. The number of aromatic nitrogens is 1. The molecule has 0 atom stereocenters. The van der Waals surface area contributed by atoms with Crippen molar-refractivity contribution in [1.82, 2.24) is 15.2 Å². The van der Waals surface area contributed by atoms with Crippen molar-refractivity contribution in [3.63, 3.8) is 0 Å². The van der Waals surface area contributed by atoms with Crippen LogP contribution in [0.15, 0.2) is 59.7 Å². The molecule has 2 aromatic rings. The Morgan fingerprint density at radius 3 is 2.48 bits per heavy atom. The third-order valence-corrected chi connectivity index (χ3v) is 4.78. The number of nitrogens with two attached hydrogens (primary N) is 1. The Balaban J connectivity index is 0.00000300. The second-order valence-corrected chi connectivity index (χ2v) is 6.74. The maximum absolute atomic E-state index is 12.4. The van der Waals surface area contributed by atoms with Gasteiger partial charge in [0.1, 0.15) is 5.82 Å². The van der Waals surface area contributed by atoms with Crippen LogP contribution in [0.2, 0.25) is 0 Å². The lowest BCUT2D eigenvalue weighted by Crippen LogP contribution is -2.49. The molecule has 7 nitrogen and oxygen atoms in total. The van der Waals surface area contributed by atoms with Gasteiger partial charge in [-0.15, -0.1) is 24.0 Å². The van der Waals surface area contributed by atoms with Gasteiger partial charge in [0.15, 0.2) is 5.96 Å². The van der Waals surface area contributed by atoms with Crippen molar-refractivity contribution >= 4 is 41.7 Å². The lowest BCUT2D eigenvalue weighted by molar-refractivity contribution is -0.131. The van der Waals surface area contributed by atoms with E-state index in [9.17, 15) is 4.79 Å². The zero-order valence-corrected chi connectivity index (χ0v) is 18.9. The molecule has 0 saturated carbocycles. The van der Waals surface area contributed by atoms with E-state index in [0.29, 0.717) is 32.0 Å². The summed E-state index contributed by atoms with van der Waals surface area (Å²) in [4.78, 5) is 25.1. The second-order valence-electron chi connectivity index (χ2n) is 6.74. The minimum atomic E-state index is 0. The fourth-order valence-corrected chi connectivity index (χ4v) is 3.19. The van der Waals surface area contributed by atoms with E-state index in [1.54, 1.807) is 6.20 Å². The van der Waals surface area contributed by atoms with Crippen LogP contribution < -0.4 is 16.0 Å². The lowest BCUT2D eigenvalue weighted by atomic mass is 10.1. The summed E-state index contributed by atoms with van der Waals surface area (Å²) >= 11 is 0. The molecule has 8 heteroatoms. The smallest absolute Gasteiger partial charge is 0.224 e. The molecular formula is C21H29IN6O. The number of amides is 1. The Morgan fingerprint density at radius 2 is 1.79 bits per heavy atom. The van der Waals surface area contributed by atoms with Crippen molar-refractivity contribution in [2.45, 2.75) is 12.8 Å². The van der Waals surface area contributed by atoms with Gasteiger partial charge in [0.2, 0.25) is 5.91 Å². The fourth-order valence-electron chi connectivity index (χ4n) is 3.19. The van der Waals surface area contributed by atoms with E-state index in [-0.39, 0.29) is 29.9 Å². The summed E-state index contributed by atoms with van der Waals surface area (Å²) < 4.78 is 0. The number of carbonyl (C=O) groups is 1. The highest BCUT2D eigenvalue weighted by atomic mass is 127. The van der Waals surface area contributed by atoms with Gasteiger partial charge in [-0.25, -0.2) is 4.98 Å². The zero-order valence-electron chi connectivity index (χ0n) is 16.5. The Labute approximate surface area is 189 Å². The lowest BCUT2D eigenvalue weighted by Gasteiger charge is -2.35. The van der Waals surface area contributed by atoms with Gasteiger partial charge in [-0.1, -0.05) is 36.4 Å². The number of nitrogens with zero attached hydrogens (tertiary/aromatic N) is 4. The maximum Gasteiger partial charge on any atom is 0.224 e. The topological polar surface area (TPSA) is 86.8 Å². The molecule has 2 heterocycles. The zero-order chi connectivity index (χ0) is 19.6. The molecule has 0 spiro atoms. The molecule has 0 aliphatic carbocycles. The van der Waals surface area contributed by atoms with E-state index in [2.05, 4.69) is 32.3 Å².